The summed E-state index contributed by atoms with van der Waals surface area (Å²) in [5, 5.41) is 14.3. The third-order valence-electron chi connectivity index (χ3n) is 4.05. The van der Waals surface area contributed by atoms with Crippen LogP contribution < -0.4 is 14.8 Å². The Hall–Kier alpha value is -3.17. The Bertz CT molecular complexity index is 1130. The Labute approximate surface area is 183 Å². The summed E-state index contributed by atoms with van der Waals surface area (Å²) in [6.07, 6.45) is 2.33. The van der Waals surface area contributed by atoms with Gasteiger partial charge in [-0.2, -0.15) is 14.9 Å². The van der Waals surface area contributed by atoms with Gasteiger partial charge in [-0.15, -0.1) is 0 Å². The molecule has 0 saturated carbocycles. The molecule has 8 nitrogen and oxygen atoms in total. The van der Waals surface area contributed by atoms with Crippen molar-refractivity contribution in [3.05, 3.63) is 63.6 Å². The highest BCUT2D eigenvalue weighted by atomic mass is 35.5. The van der Waals surface area contributed by atoms with Crippen LogP contribution in [-0.2, 0) is 11.2 Å². The minimum atomic E-state index is -0.336. The molecule has 0 aliphatic carbocycles. The fourth-order valence-electron chi connectivity index (χ4n) is 2.57. The van der Waals surface area contributed by atoms with Gasteiger partial charge in [-0.05, 0) is 48.1 Å². The quantitative estimate of drug-likeness (QED) is 0.402. The topological polar surface area (TPSA) is 93.5 Å². The number of hydrogen-bond donors (Lipinski definition) is 2. The van der Waals surface area contributed by atoms with Crippen LogP contribution in [0.5, 0.6) is 11.5 Å². The van der Waals surface area contributed by atoms with E-state index in [-0.39, 0.29) is 12.5 Å². The number of H-pyrrole nitrogens is 1. The molecule has 10 heteroatoms. The molecule has 156 valence electrons. The number of methoxy groups -OCH3 is 1. The molecule has 1 amide bonds. The number of nitrogens with one attached hydrogen (secondary N) is 2. The summed E-state index contributed by atoms with van der Waals surface area (Å²) in [4.78, 5) is 12.2. The van der Waals surface area contributed by atoms with Gasteiger partial charge >= 0.3 is 0 Å². The van der Waals surface area contributed by atoms with Crippen molar-refractivity contribution in [1.29, 1.82) is 0 Å². The highest BCUT2D eigenvalue weighted by molar-refractivity contribution is 7.71. The van der Waals surface area contributed by atoms with Gasteiger partial charge in [0.25, 0.3) is 5.91 Å². The largest absolute Gasteiger partial charge is 0.493 e. The molecule has 30 heavy (non-hydrogen) atoms. The fraction of sp³-hybridized carbons (Fsp3) is 0.200. The molecular weight excluding hydrogens is 426 g/mol. The van der Waals surface area contributed by atoms with E-state index >= 15 is 0 Å². The van der Waals surface area contributed by atoms with E-state index in [4.69, 9.17) is 33.3 Å². The zero-order valence-electron chi connectivity index (χ0n) is 16.4. The second-order valence-corrected chi connectivity index (χ2v) is 6.88. The van der Waals surface area contributed by atoms with Crippen molar-refractivity contribution in [3.63, 3.8) is 0 Å². The van der Waals surface area contributed by atoms with Crippen molar-refractivity contribution in [1.82, 2.24) is 14.9 Å². The van der Waals surface area contributed by atoms with Crippen molar-refractivity contribution in [2.75, 3.05) is 19.0 Å². The van der Waals surface area contributed by atoms with Crippen LogP contribution in [0.3, 0.4) is 0 Å². The number of hydrogen-bond acceptors (Lipinski definition) is 6. The van der Waals surface area contributed by atoms with Gasteiger partial charge in [0.15, 0.2) is 23.9 Å². The van der Waals surface area contributed by atoms with Crippen molar-refractivity contribution in [3.8, 4) is 11.5 Å². The number of aromatic amines is 1. The van der Waals surface area contributed by atoms with Crippen LogP contribution in [0.4, 0.5) is 5.69 Å². The maximum Gasteiger partial charge on any atom is 0.262 e. The zero-order chi connectivity index (χ0) is 21.5. The van der Waals surface area contributed by atoms with Crippen molar-refractivity contribution in [2.45, 2.75) is 13.3 Å². The summed E-state index contributed by atoms with van der Waals surface area (Å²) in [5.74, 6) is 1.29. The number of benzene rings is 2. The molecule has 0 unspecified atom stereocenters. The molecule has 2 aromatic carbocycles. The second kappa shape index (κ2) is 10.0. The van der Waals surface area contributed by atoms with Crippen molar-refractivity contribution < 1.29 is 14.3 Å². The number of nitrogens with zero attached hydrogens (tertiary/aromatic N) is 3. The van der Waals surface area contributed by atoms with Gasteiger partial charge in [0.2, 0.25) is 4.77 Å². The van der Waals surface area contributed by atoms with E-state index in [0.29, 0.717) is 33.4 Å². The van der Waals surface area contributed by atoms with Crippen molar-refractivity contribution in [2.24, 2.45) is 5.10 Å². The molecule has 2 N–H and O–H groups in total. The van der Waals surface area contributed by atoms with Gasteiger partial charge < -0.3 is 14.8 Å². The van der Waals surface area contributed by atoms with E-state index in [1.54, 1.807) is 53.4 Å². The molecule has 0 saturated heterocycles. The summed E-state index contributed by atoms with van der Waals surface area (Å²) < 4.78 is 13.0. The normalized spacial score (nSPS) is 10.9. The van der Waals surface area contributed by atoms with E-state index < -0.39 is 0 Å². The number of aryl methyl sites for hydroxylation is 1. The van der Waals surface area contributed by atoms with Crippen LogP contribution in [0.25, 0.3) is 0 Å². The summed E-state index contributed by atoms with van der Waals surface area (Å²) in [7, 11) is 1.52. The van der Waals surface area contributed by atoms with E-state index in [2.05, 4.69) is 20.6 Å². The first kappa shape index (κ1) is 21.5. The number of halogens is 1. The van der Waals surface area contributed by atoms with Crippen LogP contribution >= 0.6 is 23.8 Å². The standard InChI is InChI=1S/C20H20ClN5O3S/c1-3-18-24-25-20(30)26(18)22-11-13-8-9-16(17(10-13)28-2)29-12-19(27)23-15-7-5-4-6-14(15)21/h4-11H,3,12H2,1-2H3,(H,23,27)(H,25,30)/b22-11-. The monoisotopic (exact) mass is 445 g/mol. The smallest absolute Gasteiger partial charge is 0.262 e. The molecule has 0 radical (unpaired) electrons. The minimum Gasteiger partial charge on any atom is -0.493 e. The number of ether oxygens (including phenoxy) is 2. The lowest BCUT2D eigenvalue weighted by Gasteiger charge is -2.12. The molecule has 0 aliphatic heterocycles. The number of anilines is 1. The Balaban J connectivity index is 1.67. The summed E-state index contributed by atoms with van der Waals surface area (Å²) in [6, 6.07) is 12.2. The first-order chi connectivity index (χ1) is 14.5. The predicted molar refractivity (Wildman–Crippen MR) is 118 cm³/mol. The van der Waals surface area contributed by atoms with Crippen molar-refractivity contribution >= 4 is 41.6 Å². The van der Waals surface area contributed by atoms with Crippen LogP contribution in [0, 0.1) is 4.77 Å². The number of aromatic nitrogens is 3. The average molecular weight is 446 g/mol. The molecule has 0 spiro atoms. The Morgan fingerprint density at radius 2 is 2.13 bits per heavy atom. The molecule has 0 bridgehead atoms. The number of rotatable bonds is 8. The number of carbonyl (C=O) groups excluding carboxylic acids is 1. The van der Waals surface area contributed by atoms with Gasteiger partial charge in [-0.25, -0.2) is 0 Å². The van der Waals surface area contributed by atoms with E-state index in [0.717, 1.165) is 11.4 Å². The van der Waals surface area contributed by atoms with E-state index in [1.165, 1.54) is 7.11 Å². The molecule has 0 aliphatic rings. The number of amides is 1. The average Bonchev–Trinajstić information content (AvgIpc) is 3.12. The molecule has 0 fully saturated rings. The van der Waals surface area contributed by atoms with E-state index in [9.17, 15) is 4.79 Å². The summed E-state index contributed by atoms with van der Waals surface area (Å²) in [6.45, 7) is 1.77. The third-order valence-corrected chi connectivity index (χ3v) is 4.64. The first-order valence-corrected chi connectivity index (χ1v) is 9.86. The van der Waals surface area contributed by atoms with Crippen LogP contribution in [-0.4, -0.2) is 40.7 Å². The fourth-order valence-corrected chi connectivity index (χ4v) is 2.95. The van der Waals surface area contributed by atoms with Gasteiger partial charge in [-0.1, -0.05) is 30.7 Å². The van der Waals surface area contributed by atoms with Crippen LogP contribution in [0.15, 0.2) is 47.6 Å². The van der Waals surface area contributed by atoms with Crippen LogP contribution in [0.1, 0.15) is 18.3 Å². The maximum absolute atomic E-state index is 12.2. The molecule has 3 aromatic rings. The van der Waals surface area contributed by atoms with Gasteiger partial charge in [-0.3, -0.25) is 9.89 Å². The lowest BCUT2D eigenvalue weighted by atomic mass is 10.2. The number of carbonyl (C=O) groups is 1. The second-order valence-electron chi connectivity index (χ2n) is 6.08. The Kier molecular flexibility index (Phi) is 7.21. The maximum atomic E-state index is 12.2. The van der Waals surface area contributed by atoms with E-state index in [1.807, 2.05) is 6.92 Å². The molecule has 0 atom stereocenters. The lowest BCUT2D eigenvalue weighted by Crippen LogP contribution is -2.20. The predicted octanol–water partition coefficient (Wildman–Crippen LogP) is 4.06. The highest BCUT2D eigenvalue weighted by Gasteiger charge is 2.10. The van der Waals surface area contributed by atoms with Crippen LogP contribution in [0.2, 0.25) is 5.02 Å². The SMILES string of the molecule is CCc1n[nH]c(=S)n1/N=C\c1ccc(OCC(=O)Nc2ccccc2Cl)c(OC)c1. The van der Waals surface area contributed by atoms with Gasteiger partial charge in [0.1, 0.15) is 0 Å². The zero-order valence-corrected chi connectivity index (χ0v) is 18.0. The molecule has 1 heterocycles. The van der Waals surface area contributed by atoms with Gasteiger partial charge in [0.05, 0.1) is 24.0 Å². The minimum absolute atomic E-state index is 0.195. The Morgan fingerprint density at radius 3 is 2.87 bits per heavy atom. The third kappa shape index (κ3) is 5.25. The Morgan fingerprint density at radius 1 is 1.33 bits per heavy atom. The highest BCUT2D eigenvalue weighted by Crippen LogP contribution is 2.28. The molecular formula is C20H20ClN5O3S. The summed E-state index contributed by atoms with van der Waals surface area (Å²) in [5.41, 5.74) is 1.29. The summed E-state index contributed by atoms with van der Waals surface area (Å²) >= 11 is 11.2. The lowest BCUT2D eigenvalue weighted by molar-refractivity contribution is -0.118. The molecule has 1 aromatic heterocycles. The first-order valence-electron chi connectivity index (χ1n) is 9.07. The van der Waals surface area contributed by atoms with Gasteiger partial charge in [0, 0.05) is 6.42 Å². The molecule has 3 rings (SSSR count). The number of para-hydroxylation sites is 1.